The number of benzene rings is 2. The van der Waals surface area contributed by atoms with Crippen LogP contribution < -0.4 is 9.47 Å². The smallest absolute Gasteiger partial charge is 0.273 e. The minimum Gasteiger partial charge on any atom is -0.493 e. The van der Waals surface area contributed by atoms with E-state index in [2.05, 4.69) is 0 Å². The number of ether oxygens (including phenoxy) is 2. The molecule has 28 heavy (non-hydrogen) atoms. The minimum absolute atomic E-state index is 0.0854. The highest BCUT2D eigenvalue weighted by molar-refractivity contribution is 8.01. The number of nitrogens with zero attached hydrogens (tertiary/aromatic N) is 2. The average molecular weight is 425 g/mol. The summed E-state index contributed by atoms with van der Waals surface area (Å²) in [6, 6.07) is 9.27. The molecular formula is C18H20N2O6S2. The maximum atomic E-state index is 13.2. The molecular weight excluding hydrogens is 404 g/mol. The summed E-state index contributed by atoms with van der Waals surface area (Å²) in [5.74, 6) is 1.68. The van der Waals surface area contributed by atoms with Crippen LogP contribution in [0.3, 0.4) is 0 Å². The summed E-state index contributed by atoms with van der Waals surface area (Å²) in [6.45, 7) is 1.89. The van der Waals surface area contributed by atoms with Gasteiger partial charge >= 0.3 is 0 Å². The molecule has 0 N–H and O–H groups in total. The van der Waals surface area contributed by atoms with Gasteiger partial charge in [0.2, 0.25) is 10.0 Å². The standard InChI is InChI=1S/C18H20N2O6S2/c1-12-4-6-14(11-15(12)20(21)22)28(23,24)19-8-9-27-18(19)13-5-7-16(25-2)17(10-13)26-3/h4-7,10-11,18H,8-9H2,1-3H3/t18-/m0/s1. The molecule has 0 radical (unpaired) electrons. The molecule has 150 valence electrons. The van der Waals surface area contributed by atoms with Gasteiger partial charge < -0.3 is 9.47 Å². The molecule has 1 fully saturated rings. The predicted octanol–water partition coefficient (Wildman–Crippen LogP) is 3.36. The first-order valence-electron chi connectivity index (χ1n) is 8.40. The fourth-order valence-electron chi connectivity index (χ4n) is 3.05. The Morgan fingerprint density at radius 3 is 2.50 bits per heavy atom. The van der Waals surface area contributed by atoms with Crippen molar-refractivity contribution in [3.05, 3.63) is 57.6 Å². The van der Waals surface area contributed by atoms with Crippen molar-refractivity contribution < 1.29 is 22.8 Å². The van der Waals surface area contributed by atoms with Gasteiger partial charge in [0.25, 0.3) is 5.69 Å². The van der Waals surface area contributed by atoms with Crippen molar-refractivity contribution in [2.75, 3.05) is 26.5 Å². The molecule has 1 heterocycles. The predicted molar refractivity (Wildman–Crippen MR) is 106 cm³/mol. The molecule has 1 aliphatic rings. The van der Waals surface area contributed by atoms with Gasteiger partial charge in [-0.05, 0) is 30.7 Å². The van der Waals surface area contributed by atoms with Crippen LogP contribution in [0.25, 0.3) is 0 Å². The molecule has 0 unspecified atom stereocenters. The van der Waals surface area contributed by atoms with E-state index in [0.29, 0.717) is 29.4 Å². The molecule has 0 saturated carbocycles. The Balaban J connectivity index is 2.00. The molecule has 0 aromatic heterocycles. The highest BCUT2D eigenvalue weighted by Crippen LogP contribution is 2.44. The van der Waals surface area contributed by atoms with Crippen LogP contribution in [0.2, 0.25) is 0 Å². The van der Waals surface area contributed by atoms with Crippen LogP contribution in [0, 0.1) is 17.0 Å². The van der Waals surface area contributed by atoms with Crippen LogP contribution in [0.1, 0.15) is 16.5 Å². The summed E-state index contributed by atoms with van der Waals surface area (Å²) in [4.78, 5) is 10.6. The number of methoxy groups -OCH3 is 2. The lowest BCUT2D eigenvalue weighted by molar-refractivity contribution is -0.385. The lowest BCUT2D eigenvalue weighted by Gasteiger charge is -2.24. The fourth-order valence-corrected chi connectivity index (χ4v) is 6.30. The topological polar surface area (TPSA) is 99.0 Å². The highest BCUT2D eigenvalue weighted by Gasteiger charge is 2.38. The molecule has 1 saturated heterocycles. The molecule has 3 rings (SSSR count). The van der Waals surface area contributed by atoms with E-state index < -0.39 is 20.3 Å². The van der Waals surface area contributed by atoms with E-state index in [1.807, 2.05) is 0 Å². The number of nitro benzene ring substituents is 1. The maximum Gasteiger partial charge on any atom is 0.273 e. The Labute approximate surface area is 167 Å². The number of nitro groups is 1. The van der Waals surface area contributed by atoms with Crippen LogP contribution in [-0.4, -0.2) is 44.2 Å². The van der Waals surface area contributed by atoms with Crippen molar-refractivity contribution in [1.29, 1.82) is 0 Å². The Morgan fingerprint density at radius 1 is 1.14 bits per heavy atom. The summed E-state index contributed by atoms with van der Waals surface area (Å²) < 4.78 is 38.4. The van der Waals surface area contributed by atoms with E-state index in [1.165, 1.54) is 42.4 Å². The van der Waals surface area contributed by atoms with Crippen LogP contribution in [0.15, 0.2) is 41.3 Å². The Bertz CT molecular complexity index is 1010. The second-order valence-corrected chi connectivity index (χ2v) is 9.24. The lowest BCUT2D eigenvalue weighted by Crippen LogP contribution is -2.30. The molecule has 1 aliphatic heterocycles. The van der Waals surface area contributed by atoms with E-state index in [9.17, 15) is 18.5 Å². The normalized spacial score (nSPS) is 17.5. The third-order valence-corrected chi connectivity index (χ3v) is 7.78. The molecule has 0 bridgehead atoms. The van der Waals surface area contributed by atoms with E-state index in [0.717, 1.165) is 11.6 Å². The van der Waals surface area contributed by atoms with E-state index in [4.69, 9.17) is 9.47 Å². The Hall–Kier alpha value is -2.30. The van der Waals surface area contributed by atoms with E-state index in [1.54, 1.807) is 25.1 Å². The molecule has 0 spiro atoms. The third-order valence-electron chi connectivity index (χ3n) is 4.53. The molecule has 1 atom stereocenters. The Kier molecular flexibility index (Phi) is 5.82. The van der Waals surface area contributed by atoms with Gasteiger partial charge in [-0.25, -0.2) is 8.42 Å². The van der Waals surface area contributed by atoms with Gasteiger partial charge in [0.1, 0.15) is 0 Å². The molecule has 8 nitrogen and oxygen atoms in total. The van der Waals surface area contributed by atoms with Crippen LogP contribution in [-0.2, 0) is 10.0 Å². The molecule has 0 aliphatic carbocycles. The quantitative estimate of drug-likeness (QED) is 0.518. The largest absolute Gasteiger partial charge is 0.493 e. The number of hydrogen-bond acceptors (Lipinski definition) is 7. The third kappa shape index (κ3) is 3.67. The van der Waals surface area contributed by atoms with Crippen molar-refractivity contribution in [3.63, 3.8) is 0 Å². The van der Waals surface area contributed by atoms with E-state index in [-0.39, 0.29) is 10.6 Å². The van der Waals surface area contributed by atoms with Gasteiger partial charge in [0.15, 0.2) is 11.5 Å². The minimum atomic E-state index is -3.91. The summed E-state index contributed by atoms with van der Waals surface area (Å²) >= 11 is 1.49. The number of sulfonamides is 1. The van der Waals surface area contributed by atoms with Gasteiger partial charge in [-0.2, -0.15) is 4.31 Å². The lowest BCUT2D eigenvalue weighted by atomic mass is 10.2. The van der Waals surface area contributed by atoms with Gasteiger partial charge in [-0.3, -0.25) is 10.1 Å². The van der Waals surface area contributed by atoms with Crippen molar-refractivity contribution in [2.24, 2.45) is 0 Å². The summed E-state index contributed by atoms with van der Waals surface area (Å²) in [5, 5.41) is 10.8. The van der Waals surface area contributed by atoms with Crippen molar-refractivity contribution in [3.8, 4) is 11.5 Å². The monoisotopic (exact) mass is 424 g/mol. The number of thioether (sulfide) groups is 1. The number of hydrogen-bond donors (Lipinski definition) is 0. The summed E-state index contributed by atoms with van der Waals surface area (Å²) in [6.07, 6.45) is 0. The summed E-state index contributed by atoms with van der Waals surface area (Å²) in [5.41, 5.74) is 0.956. The van der Waals surface area contributed by atoms with Crippen molar-refractivity contribution >= 4 is 27.5 Å². The van der Waals surface area contributed by atoms with Gasteiger partial charge in [-0.1, -0.05) is 12.1 Å². The zero-order chi connectivity index (χ0) is 20.5. The van der Waals surface area contributed by atoms with Crippen LogP contribution >= 0.6 is 11.8 Å². The highest BCUT2D eigenvalue weighted by atomic mass is 32.2. The maximum absolute atomic E-state index is 13.2. The molecule has 2 aromatic carbocycles. The average Bonchev–Trinajstić information content (AvgIpc) is 3.18. The molecule has 10 heteroatoms. The summed E-state index contributed by atoms with van der Waals surface area (Å²) in [7, 11) is -0.860. The first-order chi connectivity index (χ1) is 13.3. The van der Waals surface area contributed by atoms with Gasteiger partial charge in [0, 0.05) is 23.9 Å². The second-order valence-electron chi connectivity index (χ2n) is 6.16. The fraction of sp³-hybridized carbons (Fsp3) is 0.333. The SMILES string of the molecule is COc1ccc([C@@H]2SCCN2S(=O)(=O)c2ccc(C)c([N+](=O)[O-])c2)cc1OC. The first kappa shape index (κ1) is 20.4. The zero-order valence-corrected chi connectivity index (χ0v) is 17.2. The van der Waals surface area contributed by atoms with E-state index >= 15 is 0 Å². The Morgan fingerprint density at radius 2 is 1.86 bits per heavy atom. The number of aryl methyl sites for hydroxylation is 1. The van der Waals surface area contributed by atoms with Crippen LogP contribution in [0.5, 0.6) is 11.5 Å². The zero-order valence-electron chi connectivity index (χ0n) is 15.6. The molecule has 2 aromatic rings. The second kappa shape index (κ2) is 7.98. The van der Waals surface area contributed by atoms with Gasteiger partial charge in [-0.15, -0.1) is 11.8 Å². The number of rotatable bonds is 6. The first-order valence-corrected chi connectivity index (χ1v) is 10.9. The molecule has 0 amide bonds. The van der Waals surface area contributed by atoms with Crippen LogP contribution in [0.4, 0.5) is 5.69 Å². The van der Waals surface area contributed by atoms with Crippen molar-refractivity contribution in [1.82, 2.24) is 4.31 Å². The van der Waals surface area contributed by atoms with Crippen molar-refractivity contribution in [2.45, 2.75) is 17.2 Å². The van der Waals surface area contributed by atoms with Gasteiger partial charge in [0.05, 0.1) is 29.4 Å².